The number of aromatic nitrogens is 4. The summed E-state index contributed by atoms with van der Waals surface area (Å²) in [5.41, 5.74) is 2.63. The zero-order chi connectivity index (χ0) is 25.7. The molecule has 9 heteroatoms. The number of halogens is 1. The fraction of sp³-hybridized carbons (Fsp3) is 0.357. The van der Waals surface area contributed by atoms with Gasteiger partial charge in [0, 0.05) is 53.5 Å². The number of morpholine rings is 1. The maximum absolute atomic E-state index is 14.6. The third kappa shape index (κ3) is 4.49. The van der Waals surface area contributed by atoms with Crippen LogP contribution in [0, 0.1) is 5.82 Å². The van der Waals surface area contributed by atoms with Gasteiger partial charge in [-0.25, -0.2) is 14.4 Å². The van der Waals surface area contributed by atoms with Gasteiger partial charge in [-0.1, -0.05) is 12.1 Å². The van der Waals surface area contributed by atoms with E-state index in [0.29, 0.717) is 60.4 Å². The molecule has 0 unspecified atom stereocenters. The highest BCUT2D eigenvalue weighted by molar-refractivity contribution is 5.98. The van der Waals surface area contributed by atoms with E-state index in [2.05, 4.69) is 9.97 Å². The molecular formula is C28H28FN5O3. The normalized spacial score (nSPS) is 16.4. The molecule has 2 fully saturated rings. The molecule has 1 saturated carbocycles. The van der Waals surface area contributed by atoms with Crippen LogP contribution in [-0.2, 0) is 10.3 Å². The molecule has 2 aromatic heterocycles. The van der Waals surface area contributed by atoms with Crippen LogP contribution in [0.5, 0.6) is 0 Å². The van der Waals surface area contributed by atoms with Gasteiger partial charge in [0.1, 0.15) is 5.82 Å². The number of nitrogens with zero attached hydrogens (tertiary/aromatic N) is 5. The molecule has 0 bridgehead atoms. The summed E-state index contributed by atoms with van der Waals surface area (Å²) in [6.07, 6.45) is 5.28. The molecular weight excluding hydrogens is 473 g/mol. The van der Waals surface area contributed by atoms with Crippen LogP contribution in [0.15, 0.2) is 48.8 Å². The number of hydrogen-bond acceptors (Lipinski definition) is 6. The van der Waals surface area contributed by atoms with Crippen LogP contribution in [0.1, 0.15) is 54.2 Å². The maximum Gasteiger partial charge on any atom is 0.254 e. The molecule has 0 spiro atoms. The second kappa shape index (κ2) is 9.00. The molecule has 1 aliphatic heterocycles. The molecule has 1 N–H and O–H groups in total. The highest BCUT2D eigenvalue weighted by Gasteiger charge is 2.30. The van der Waals surface area contributed by atoms with Crippen molar-refractivity contribution in [3.8, 4) is 17.1 Å². The van der Waals surface area contributed by atoms with Gasteiger partial charge in [-0.3, -0.25) is 4.79 Å². The van der Waals surface area contributed by atoms with E-state index in [1.165, 1.54) is 6.07 Å². The van der Waals surface area contributed by atoms with Crippen molar-refractivity contribution in [3.63, 3.8) is 0 Å². The number of aliphatic hydroxyl groups is 1. The van der Waals surface area contributed by atoms with Crippen molar-refractivity contribution in [1.29, 1.82) is 0 Å². The summed E-state index contributed by atoms with van der Waals surface area (Å²) in [7, 11) is 0. The molecule has 1 saturated heterocycles. The SMILES string of the molecule is CC(C)(O)c1ccc(F)c(-c2cnc(-n3nc(C4CC4)c4ccc(C(=O)N5CCOCC5)cc43)nc2)c1. The number of amides is 1. The highest BCUT2D eigenvalue weighted by atomic mass is 19.1. The summed E-state index contributed by atoms with van der Waals surface area (Å²) >= 11 is 0. The molecule has 0 radical (unpaired) electrons. The third-order valence-electron chi connectivity index (χ3n) is 7.03. The topological polar surface area (TPSA) is 93.4 Å². The Labute approximate surface area is 213 Å². The standard InChI is InChI=1S/C28H28FN5O3/c1-28(2,36)20-6-8-23(29)22(14-20)19-15-30-27(31-16-19)34-24-13-18(26(35)33-9-11-37-12-10-33)5-7-21(24)25(32-34)17-3-4-17/h5-8,13-17,36H,3-4,9-12H2,1-2H3. The first kappa shape index (κ1) is 23.7. The van der Waals surface area contributed by atoms with Gasteiger partial charge >= 0.3 is 0 Å². The minimum absolute atomic E-state index is 0.0376. The number of hydrogen-bond donors (Lipinski definition) is 1. The molecule has 2 aromatic carbocycles. The van der Waals surface area contributed by atoms with E-state index in [1.54, 1.807) is 48.0 Å². The molecule has 3 heterocycles. The zero-order valence-corrected chi connectivity index (χ0v) is 20.8. The minimum Gasteiger partial charge on any atom is -0.386 e. The summed E-state index contributed by atoms with van der Waals surface area (Å²) in [5, 5.41) is 16.2. The molecule has 1 amide bonds. The predicted octanol–water partition coefficient (Wildman–Crippen LogP) is 4.20. The van der Waals surface area contributed by atoms with Crippen LogP contribution in [0.4, 0.5) is 4.39 Å². The van der Waals surface area contributed by atoms with Gasteiger partial charge in [0.05, 0.1) is 30.0 Å². The predicted molar refractivity (Wildman–Crippen MR) is 136 cm³/mol. The highest BCUT2D eigenvalue weighted by Crippen LogP contribution is 2.43. The first-order chi connectivity index (χ1) is 17.8. The van der Waals surface area contributed by atoms with Crippen molar-refractivity contribution in [3.05, 3.63) is 71.4 Å². The fourth-order valence-corrected chi connectivity index (χ4v) is 4.73. The summed E-state index contributed by atoms with van der Waals surface area (Å²) in [4.78, 5) is 24.0. The summed E-state index contributed by atoms with van der Waals surface area (Å²) in [6.45, 7) is 5.52. The lowest BCUT2D eigenvalue weighted by molar-refractivity contribution is 0.0303. The molecule has 4 aromatic rings. The number of fused-ring (bicyclic) bond motifs is 1. The van der Waals surface area contributed by atoms with Gasteiger partial charge in [0.2, 0.25) is 0 Å². The summed E-state index contributed by atoms with van der Waals surface area (Å²) < 4.78 is 21.7. The van der Waals surface area contributed by atoms with Crippen LogP contribution in [0.3, 0.4) is 0 Å². The maximum atomic E-state index is 14.6. The van der Waals surface area contributed by atoms with E-state index in [0.717, 1.165) is 29.4 Å². The van der Waals surface area contributed by atoms with Crippen LogP contribution < -0.4 is 0 Å². The van der Waals surface area contributed by atoms with Crippen LogP contribution >= 0.6 is 0 Å². The van der Waals surface area contributed by atoms with Crippen LogP contribution in [0.2, 0.25) is 0 Å². The van der Waals surface area contributed by atoms with Crippen LogP contribution in [-0.4, -0.2) is 62.0 Å². The Kier molecular flexibility index (Phi) is 5.77. The Morgan fingerprint density at radius 3 is 2.49 bits per heavy atom. The largest absolute Gasteiger partial charge is 0.386 e. The van der Waals surface area contributed by atoms with E-state index >= 15 is 0 Å². The van der Waals surface area contributed by atoms with Crippen molar-refractivity contribution in [2.75, 3.05) is 26.3 Å². The molecule has 2 aliphatic rings. The van der Waals surface area contributed by atoms with E-state index < -0.39 is 11.4 Å². The van der Waals surface area contributed by atoms with Gasteiger partial charge in [-0.15, -0.1) is 0 Å². The summed E-state index contributed by atoms with van der Waals surface area (Å²) in [6, 6.07) is 10.2. The number of carbonyl (C=O) groups excluding carboxylic acids is 1. The Hall–Kier alpha value is -3.69. The lowest BCUT2D eigenvalue weighted by Gasteiger charge is -2.26. The number of carbonyl (C=O) groups is 1. The Morgan fingerprint density at radius 1 is 1.08 bits per heavy atom. The Bertz CT molecular complexity index is 1480. The van der Waals surface area contributed by atoms with Crippen molar-refractivity contribution in [2.45, 2.75) is 38.2 Å². The molecule has 8 nitrogen and oxygen atoms in total. The van der Waals surface area contributed by atoms with Crippen molar-refractivity contribution >= 4 is 16.8 Å². The molecule has 37 heavy (non-hydrogen) atoms. The zero-order valence-electron chi connectivity index (χ0n) is 20.8. The van der Waals surface area contributed by atoms with E-state index in [1.807, 2.05) is 18.2 Å². The van der Waals surface area contributed by atoms with Crippen molar-refractivity contribution in [2.24, 2.45) is 0 Å². The van der Waals surface area contributed by atoms with E-state index in [4.69, 9.17) is 9.84 Å². The fourth-order valence-electron chi connectivity index (χ4n) is 4.73. The van der Waals surface area contributed by atoms with Gasteiger partial charge in [-0.2, -0.15) is 9.78 Å². The smallest absolute Gasteiger partial charge is 0.254 e. The third-order valence-corrected chi connectivity index (χ3v) is 7.03. The molecule has 1 aliphatic carbocycles. The molecule has 0 atom stereocenters. The van der Waals surface area contributed by atoms with Crippen molar-refractivity contribution in [1.82, 2.24) is 24.6 Å². The first-order valence-corrected chi connectivity index (χ1v) is 12.5. The number of rotatable bonds is 5. The number of benzene rings is 2. The second-order valence-corrected chi connectivity index (χ2v) is 10.2. The van der Waals surface area contributed by atoms with Gasteiger partial charge in [-0.05, 0) is 56.5 Å². The lowest BCUT2D eigenvalue weighted by Crippen LogP contribution is -2.40. The molecule has 190 valence electrons. The first-order valence-electron chi connectivity index (χ1n) is 12.5. The number of ether oxygens (including phenoxy) is 1. The average Bonchev–Trinajstić information content (AvgIpc) is 3.68. The van der Waals surface area contributed by atoms with Gasteiger partial charge < -0.3 is 14.7 Å². The van der Waals surface area contributed by atoms with E-state index in [9.17, 15) is 14.3 Å². The quantitative estimate of drug-likeness (QED) is 0.441. The average molecular weight is 502 g/mol. The molecule has 6 rings (SSSR count). The second-order valence-electron chi connectivity index (χ2n) is 10.2. The van der Waals surface area contributed by atoms with Gasteiger partial charge in [0.15, 0.2) is 0 Å². The van der Waals surface area contributed by atoms with E-state index in [-0.39, 0.29) is 5.91 Å². The Balaban J connectivity index is 1.39. The van der Waals surface area contributed by atoms with Gasteiger partial charge in [0.25, 0.3) is 11.9 Å². The summed E-state index contributed by atoms with van der Waals surface area (Å²) in [5.74, 6) is 0.277. The Morgan fingerprint density at radius 2 is 1.81 bits per heavy atom. The monoisotopic (exact) mass is 501 g/mol. The lowest BCUT2D eigenvalue weighted by atomic mass is 9.95. The minimum atomic E-state index is -1.10. The van der Waals surface area contributed by atoms with Crippen LogP contribution in [0.25, 0.3) is 28.0 Å². The van der Waals surface area contributed by atoms with Crippen molar-refractivity contribution < 1.29 is 19.0 Å².